The van der Waals surface area contributed by atoms with Crippen molar-refractivity contribution in [1.29, 1.82) is 0 Å². The molecule has 0 bridgehead atoms. The van der Waals surface area contributed by atoms with Crippen LogP contribution in [0.15, 0.2) is 73.3 Å². The van der Waals surface area contributed by atoms with Gasteiger partial charge in [0.2, 0.25) is 5.91 Å². The lowest BCUT2D eigenvalue weighted by Crippen LogP contribution is -2.39. The van der Waals surface area contributed by atoms with E-state index in [2.05, 4.69) is 20.6 Å². The van der Waals surface area contributed by atoms with Crippen LogP contribution in [-0.2, 0) is 23.8 Å². The van der Waals surface area contributed by atoms with Crippen LogP contribution in [-0.4, -0.2) is 29.0 Å². The molecule has 2 N–H and O–H groups in total. The van der Waals surface area contributed by atoms with Gasteiger partial charge in [0.15, 0.2) is 0 Å². The van der Waals surface area contributed by atoms with E-state index in [0.29, 0.717) is 31.5 Å². The molecule has 5 nitrogen and oxygen atoms in total. The summed E-state index contributed by atoms with van der Waals surface area (Å²) in [4.78, 5) is 20.8. The number of nitrogens with zero attached hydrogens (tertiary/aromatic N) is 2. The van der Waals surface area contributed by atoms with Crippen LogP contribution in [0.3, 0.4) is 0 Å². The van der Waals surface area contributed by atoms with Gasteiger partial charge < -0.3 is 10.6 Å². The average Bonchev–Trinajstić information content (AvgIpc) is 2.77. The Kier molecular flexibility index (Phi) is 7.72. The predicted octanol–water partition coefficient (Wildman–Crippen LogP) is 3.73. The maximum absolute atomic E-state index is 12.9. The molecule has 2 aromatic heterocycles. The molecule has 1 unspecified atom stereocenters. The first kappa shape index (κ1) is 22.4. The highest BCUT2D eigenvalue weighted by atomic mass is 19.4. The fourth-order valence-electron chi connectivity index (χ4n) is 3.12. The third kappa shape index (κ3) is 6.89. The molecule has 3 rings (SSSR count). The normalized spacial score (nSPS) is 12.4. The van der Waals surface area contributed by atoms with Crippen molar-refractivity contribution in [2.45, 2.75) is 25.1 Å². The lowest BCUT2D eigenvalue weighted by atomic mass is 10.0. The molecular formula is C23H23F3N4O. The van der Waals surface area contributed by atoms with Crippen molar-refractivity contribution in [1.82, 2.24) is 20.6 Å². The monoisotopic (exact) mass is 428 g/mol. The van der Waals surface area contributed by atoms with Crippen molar-refractivity contribution in [3.63, 3.8) is 0 Å². The van der Waals surface area contributed by atoms with Crippen molar-refractivity contribution in [3.8, 4) is 0 Å². The fourth-order valence-corrected chi connectivity index (χ4v) is 3.12. The molecule has 2 heterocycles. The van der Waals surface area contributed by atoms with Gasteiger partial charge in [-0.05, 0) is 65.9 Å². The van der Waals surface area contributed by atoms with Gasteiger partial charge in [-0.2, -0.15) is 13.2 Å². The number of nitrogens with one attached hydrogen (secondary N) is 2. The van der Waals surface area contributed by atoms with Crippen LogP contribution in [0.4, 0.5) is 13.2 Å². The van der Waals surface area contributed by atoms with Gasteiger partial charge in [-0.1, -0.05) is 12.1 Å². The molecule has 0 aliphatic carbocycles. The van der Waals surface area contributed by atoms with Gasteiger partial charge in [-0.25, -0.2) is 0 Å². The molecule has 0 radical (unpaired) electrons. The molecule has 1 amide bonds. The van der Waals surface area contributed by atoms with Crippen LogP contribution in [0.25, 0.3) is 0 Å². The Morgan fingerprint density at radius 1 is 0.806 bits per heavy atom. The minimum atomic E-state index is -4.42. The minimum absolute atomic E-state index is 0.288. The first-order valence-corrected chi connectivity index (χ1v) is 9.89. The Hall–Kier alpha value is -3.26. The van der Waals surface area contributed by atoms with Crippen molar-refractivity contribution in [2.24, 2.45) is 0 Å². The Balaban J connectivity index is 1.66. The second kappa shape index (κ2) is 10.7. The number of aromatic nitrogens is 2. The van der Waals surface area contributed by atoms with E-state index in [0.717, 1.165) is 23.3 Å². The van der Waals surface area contributed by atoms with Crippen LogP contribution >= 0.6 is 0 Å². The molecular weight excluding hydrogens is 405 g/mol. The minimum Gasteiger partial charge on any atom is -0.354 e. The molecule has 162 valence electrons. The van der Waals surface area contributed by atoms with E-state index < -0.39 is 17.8 Å². The van der Waals surface area contributed by atoms with E-state index in [-0.39, 0.29) is 5.91 Å². The molecule has 0 fully saturated rings. The first-order valence-electron chi connectivity index (χ1n) is 9.89. The number of benzene rings is 1. The topological polar surface area (TPSA) is 66.9 Å². The quantitative estimate of drug-likeness (QED) is 0.545. The summed E-state index contributed by atoms with van der Waals surface area (Å²) < 4.78 is 38.7. The smallest absolute Gasteiger partial charge is 0.354 e. The summed E-state index contributed by atoms with van der Waals surface area (Å²) >= 11 is 0. The molecule has 0 saturated carbocycles. The van der Waals surface area contributed by atoms with Crippen molar-refractivity contribution < 1.29 is 18.0 Å². The van der Waals surface area contributed by atoms with Gasteiger partial charge in [-0.15, -0.1) is 0 Å². The number of hydrogen-bond donors (Lipinski definition) is 2. The van der Waals surface area contributed by atoms with Crippen LogP contribution < -0.4 is 10.6 Å². The molecule has 1 aromatic carbocycles. The fraction of sp³-hybridized carbons (Fsp3) is 0.261. The Labute approximate surface area is 178 Å². The zero-order chi connectivity index (χ0) is 22.1. The van der Waals surface area contributed by atoms with Gasteiger partial charge in [0.05, 0.1) is 5.56 Å². The van der Waals surface area contributed by atoms with E-state index in [1.54, 1.807) is 24.8 Å². The van der Waals surface area contributed by atoms with Gasteiger partial charge in [0.25, 0.3) is 0 Å². The lowest BCUT2D eigenvalue weighted by molar-refractivity contribution is -0.137. The van der Waals surface area contributed by atoms with E-state index in [1.165, 1.54) is 12.1 Å². The molecule has 0 spiro atoms. The highest BCUT2D eigenvalue weighted by Crippen LogP contribution is 2.30. The molecule has 31 heavy (non-hydrogen) atoms. The zero-order valence-corrected chi connectivity index (χ0v) is 16.8. The zero-order valence-electron chi connectivity index (χ0n) is 16.8. The maximum atomic E-state index is 12.9. The van der Waals surface area contributed by atoms with E-state index in [1.807, 2.05) is 24.3 Å². The first-order chi connectivity index (χ1) is 14.9. The second-order valence-electron chi connectivity index (χ2n) is 7.01. The molecule has 3 aromatic rings. The average molecular weight is 428 g/mol. The van der Waals surface area contributed by atoms with Crippen molar-refractivity contribution in [3.05, 3.63) is 95.6 Å². The third-order valence-electron chi connectivity index (χ3n) is 4.81. The van der Waals surface area contributed by atoms with E-state index >= 15 is 0 Å². The predicted molar refractivity (Wildman–Crippen MR) is 111 cm³/mol. The summed E-state index contributed by atoms with van der Waals surface area (Å²) in [5, 5.41) is 6.04. The molecule has 0 saturated heterocycles. The highest BCUT2D eigenvalue weighted by molar-refractivity contribution is 5.83. The Morgan fingerprint density at radius 2 is 1.32 bits per heavy atom. The SMILES string of the molecule is O=C(NCCc1ccncc1)C(NCCc1ccncc1)c1ccc(C(F)(F)F)cc1. The summed E-state index contributed by atoms with van der Waals surface area (Å²) in [6.07, 6.45) is 3.61. The third-order valence-corrected chi connectivity index (χ3v) is 4.81. The van der Waals surface area contributed by atoms with Gasteiger partial charge in [0, 0.05) is 37.9 Å². The number of carbonyl (C=O) groups is 1. The van der Waals surface area contributed by atoms with Crippen molar-refractivity contribution in [2.75, 3.05) is 13.1 Å². The molecule has 0 aliphatic heterocycles. The summed E-state index contributed by atoms with van der Waals surface area (Å²) in [6, 6.07) is 11.4. The molecule has 1 atom stereocenters. The number of carbonyl (C=O) groups excluding carboxylic acids is 1. The number of halogens is 3. The summed E-state index contributed by atoms with van der Waals surface area (Å²) in [5.74, 6) is -0.288. The summed E-state index contributed by atoms with van der Waals surface area (Å²) in [6.45, 7) is 0.888. The second-order valence-corrected chi connectivity index (χ2v) is 7.01. The van der Waals surface area contributed by atoms with Gasteiger partial charge in [-0.3, -0.25) is 14.8 Å². The van der Waals surface area contributed by atoms with Crippen LogP contribution in [0.5, 0.6) is 0 Å². The maximum Gasteiger partial charge on any atom is 0.416 e. The molecule has 8 heteroatoms. The van der Waals surface area contributed by atoms with Crippen LogP contribution in [0.1, 0.15) is 28.3 Å². The number of amides is 1. The summed E-state index contributed by atoms with van der Waals surface area (Å²) in [7, 11) is 0. The number of rotatable bonds is 9. The number of hydrogen-bond acceptors (Lipinski definition) is 4. The Morgan fingerprint density at radius 3 is 1.84 bits per heavy atom. The highest BCUT2D eigenvalue weighted by Gasteiger charge is 2.30. The van der Waals surface area contributed by atoms with Crippen molar-refractivity contribution >= 4 is 5.91 Å². The number of alkyl halides is 3. The molecule has 0 aliphatic rings. The Bertz CT molecular complexity index is 948. The van der Waals surface area contributed by atoms with E-state index in [9.17, 15) is 18.0 Å². The van der Waals surface area contributed by atoms with E-state index in [4.69, 9.17) is 0 Å². The lowest BCUT2D eigenvalue weighted by Gasteiger charge is -2.20. The van der Waals surface area contributed by atoms with Gasteiger partial charge in [0.1, 0.15) is 6.04 Å². The number of pyridine rings is 2. The van der Waals surface area contributed by atoms with Crippen LogP contribution in [0, 0.1) is 0 Å². The standard InChI is InChI=1S/C23H23F3N4O/c24-23(25,26)20-3-1-19(2-4-20)21(29-15-9-17-5-11-27-12-6-17)22(31)30-16-10-18-7-13-28-14-8-18/h1-8,11-14,21,29H,9-10,15-16H2,(H,30,31). The largest absolute Gasteiger partial charge is 0.416 e. The summed E-state index contributed by atoms with van der Waals surface area (Å²) in [5.41, 5.74) is 1.81. The van der Waals surface area contributed by atoms with Gasteiger partial charge >= 0.3 is 6.18 Å². The van der Waals surface area contributed by atoms with Crippen LogP contribution in [0.2, 0.25) is 0 Å².